The van der Waals surface area contributed by atoms with Crippen molar-refractivity contribution in [3.05, 3.63) is 60.3 Å². The average molecular weight is 230 g/mol. The summed E-state index contributed by atoms with van der Waals surface area (Å²) >= 11 is 0. The van der Waals surface area contributed by atoms with E-state index in [4.69, 9.17) is 6.42 Å². The van der Waals surface area contributed by atoms with Gasteiger partial charge in [-0.25, -0.2) is 9.97 Å². The smallest absolute Gasteiger partial charge is 0.139 e. The molecule has 2 nitrogen and oxygen atoms in total. The molecule has 0 amide bonds. The summed E-state index contributed by atoms with van der Waals surface area (Å²) in [5, 5.41) is 0. The standard InChI is InChI=1S/C16H10N2/c1-2-13-16(12-8-4-3-5-9-12)18-15-11-7-6-10-14(15)17-13/h1,3-11H. The second kappa shape index (κ2) is 4.31. The van der Waals surface area contributed by atoms with Crippen molar-refractivity contribution in [1.29, 1.82) is 0 Å². The Balaban J connectivity index is 2.32. The van der Waals surface area contributed by atoms with Gasteiger partial charge in [-0.05, 0) is 18.1 Å². The number of benzene rings is 2. The van der Waals surface area contributed by atoms with Crippen LogP contribution in [-0.2, 0) is 0 Å². The zero-order chi connectivity index (χ0) is 12.4. The molecule has 1 aromatic heterocycles. The van der Waals surface area contributed by atoms with Gasteiger partial charge in [-0.1, -0.05) is 42.5 Å². The molecule has 0 radical (unpaired) electrons. The van der Waals surface area contributed by atoms with Gasteiger partial charge in [0.2, 0.25) is 0 Å². The number of rotatable bonds is 1. The van der Waals surface area contributed by atoms with Gasteiger partial charge in [0.15, 0.2) is 0 Å². The first-order chi connectivity index (χ1) is 8.88. The van der Waals surface area contributed by atoms with Crippen LogP contribution >= 0.6 is 0 Å². The molecule has 2 heteroatoms. The summed E-state index contributed by atoms with van der Waals surface area (Å²) in [7, 11) is 0. The van der Waals surface area contributed by atoms with Crippen LogP contribution in [0.15, 0.2) is 54.6 Å². The number of para-hydroxylation sites is 2. The molecule has 0 bridgehead atoms. The van der Waals surface area contributed by atoms with Crippen LogP contribution in [0.1, 0.15) is 5.69 Å². The van der Waals surface area contributed by atoms with Gasteiger partial charge in [0.1, 0.15) is 11.4 Å². The zero-order valence-corrected chi connectivity index (χ0v) is 9.67. The highest BCUT2D eigenvalue weighted by molar-refractivity contribution is 5.79. The lowest BCUT2D eigenvalue weighted by Crippen LogP contribution is -1.94. The van der Waals surface area contributed by atoms with Crippen LogP contribution < -0.4 is 0 Å². The van der Waals surface area contributed by atoms with E-state index in [9.17, 15) is 0 Å². The van der Waals surface area contributed by atoms with Crippen LogP contribution in [0, 0.1) is 12.3 Å². The molecule has 84 valence electrons. The third-order valence-electron chi connectivity index (χ3n) is 2.75. The summed E-state index contributed by atoms with van der Waals surface area (Å²) in [6.45, 7) is 0. The first-order valence-corrected chi connectivity index (χ1v) is 5.67. The molecule has 0 N–H and O–H groups in total. The molecule has 0 fully saturated rings. The Bertz CT molecular complexity index is 740. The number of fused-ring (bicyclic) bond motifs is 1. The van der Waals surface area contributed by atoms with E-state index >= 15 is 0 Å². The normalized spacial score (nSPS) is 10.2. The summed E-state index contributed by atoms with van der Waals surface area (Å²) in [4.78, 5) is 9.08. The predicted molar refractivity (Wildman–Crippen MR) is 72.9 cm³/mol. The van der Waals surface area contributed by atoms with Crippen LogP contribution in [0.2, 0.25) is 0 Å². The van der Waals surface area contributed by atoms with E-state index in [1.807, 2.05) is 54.6 Å². The molecule has 0 aliphatic rings. The van der Waals surface area contributed by atoms with E-state index in [1.54, 1.807) is 0 Å². The third-order valence-corrected chi connectivity index (χ3v) is 2.75. The number of hydrogen-bond acceptors (Lipinski definition) is 2. The van der Waals surface area contributed by atoms with Gasteiger partial charge in [-0.15, -0.1) is 6.42 Å². The van der Waals surface area contributed by atoms with Crippen LogP contribution in [0.4, 0.5) is 0 Å². The molecular weight excluding hydrogens is 220 g/mol. The minimum atomic E-state index is 0.583. The molecule has 0 unspecified atom stereocenters. The molecule has 0 spiro atoms. The van der Waals surface area contributed by atoms with Gasteiger partial charge < -0.3 is 0 Å². The van der Waals surface area contributed by atoms with Crippen LogP contribution in [0.5, 0.6) is 0 Å². The topological polar surface area (TPSA) is 25.8 Å². The van der Waals surface area contributed by atoms with Crippen molar-refractivity contribution in [2.75, 3.05) is 0 Å². The van der Waals surface area contributed by atoms with Gasteiger partial charge in [-0.3, -0.25) is 0 Å². The van der Waals surface area contributed by atoms with E-state index in [1.165, 1.54) is 0 Å². The summed E-state index contributed by atoms with van der Waals surface area (Å²) in [6, 6.07) is 17.6. The largest absolute Gasteiger partial charge is 0.243 e. The maximum Gasteiger partial charge on any atom is 0.139 e. The molecule has 0 saturated heterocycles. The van der Waals surface area contributed by atoms with Crippen molar-refractivity contribution < 1.29 is 0 Å². The quantitative estimate of drug-likeness (QED) is 0.599. The molecule has 3 aromatic rings. The van der Waals surface area contributed by atoms with Crippen LogP contribution in [0.25, 0.3) is 22.3 Å². The molecule has 3 rings (SSSR count). The van der Waals surface area contributed by atoms with Crippen LogP contribution in [0.3, 0.4) is 0 Å². The van der Waals surface area contributed by atoms with Crippen LogP contribution in [-0.4, -0.2) is 9.97 Å². The Labute approximate surface area is 105 Å². The Morgan fingerprint density at radius 3 is 2.06 bits per heavy atom. The minimum absolute atomic E-state index is 0.583. The highest BCUT2D eigenvalue weighted by atomic mass is 14.8. The van der Waals surface area contributed by atoms with Crippen molar-refractivity contribution in [3.63, 3.8) is 0 Å². The second-order valence-corrected chi connectivity index (χ2v) is 3.92. The zero-order valence-electron chi connectivity index (χ0n) is 9.67. The second-order valence-electron chi connectivity index (χ2n) is 3.92. The van der Waals surface area contributed by atoms with Crippen molar-refractivity contribution in [1.82, 2.24) is 9.97 Å². The van der Waals surface area contributed by atoms with Gasteiger partial charge in [0.25, 0.3) is 0 Å². The number of hydrogen-bond donors (Lipinski definition) is 0. The van der Waals surface area contributed by atoms with Gasteiger partial charge in [-0.2, -0.15) is 0 Å². The van der Waals surface area contributed by atoms with Crippen molar-refractivity contribution in [2.45, 2.75) is 0 Å². The average Bonchev–Trinajstić information content (AvgIpc) is 2.46. The predicted octanol–water partition coefficient (Wildman–Crippen LogP) is 3.28. The Morgan fingerprint density at radius 2 is 1.39 bits per heavy atom. The van der Waals surface area contributed by atoms with Gasteiger partial charge >= 0.3 is 0 Å². The molecular formula is C16H10N2. The van der Waals surface area contributed by atoms with Crippen molar-refractivity contribution >= 4 is 11.0 Å². The lowest BCUT2D eigenvalue weighted by Gasteiger charge is -2.05. The molecule has 2 aromatic carbocycles. The molecule has 0 saturated carbocycles. The van der Waals surface area contributed by atoms with E-state index in [2.05, 4.69) is 15.9 Å². The fraction of sp³-hybridized carbons (Fsp3) is 0. The lowest BCUT2D eigenvalue weighted by atomic mass is 10.1. The molecule has 0 aliphatic heterocycles. The SMILES string of the molecule is C#Cc1nc2ccccc2nc1-c1ccccc1. The van der Waals surface area contributed by atoms with E-state index < -0.39 is 0 Å². The maximum atomic E-state index is 5.53. The molecule has 0 atom stereocenters. The highest BCUT2D eigenvalue weighted by Crippen LogP contribution is 2.22. The Kier molecular flexibility index (Phi) is 2.51. The van der Waals surface area contributed by atoms with Gasteiger partial charge in [0.05, 0.1) is 11.0 Å². The minimum Gasteiger partial charge on any atom is -0.243 e. The number of terminal acetylenes is 1. The Hall–Kier alpha value is -2.66. The third kappa shape index (κ3) is 1.72. The Morgan fingerprint density at radius 1 is 0.778 bits per heavy atom. The van der Waals surface area contributed by atoms with Gasteiger partial charge in [0, 0.05) is 5.56 Å². The summed E-state index contributed by atoms with van der Waals surface area (Å²) in [6.07, 6.45) is 5.53. The number of nitrogens with zero attached hydrogens (tertiary/aromatic N) is 2. The van der Waals surface area contributed by atoms with E-state index in [0.29, 0.717) is 5.69 Å². The fourth-order valence-corrected chi connectivity index (χ4v) is 1.90. The highest BCUT2D eigenvalue weighted by Gasteiger charge is 2.08. The summed E-state index contributed by atoms with van der Waals surface area (Å²) in [5.41, 5.74) is 4.01. The fourth-order valence-electron chi connectivity index (χ4n) is 1.90. The molecule has 1 heterocycles. The first kappa shape index (κ1) is 10.5. The summed E-state index contributed by atoms with van der Waals surface area (Å²) < 4.78 is 0. The summed E-state index contributed by atoms with van der Waals surface area (Å²) in [5.74, 6) is 2.61. The molecule has 0 aliphatic carbocycles. The monoisotopic (exact) mass is 230 g/mol. The first-order valence-electron chi connectivity index (χ1n) is 5.67. The van der Waals surface area contributed by atoms with E-state index in [-0.39, 0.29) is 0 Å². The van der Waals surface area contributed by atoms with E-state index in [0.717, 1.165) is 22.3 Å². The number of aromatic nitrogens is 2. The van der Waals surface area contributed by atoms with Crippen molar-refractivity contribution in [3.8, 4) is 23.6 Å². The van der Waals surface area contributed by atoms with Crippen molar-refractivity contribution in [2.24, 2.45) is 0 Å². The lowest BCUT2D eigenvalue weighted by molar-refractivity contribution is 1.26. The maximum absolute atomic E-state index is 5.53. The molecule has 18 heavy (non-hydrogen) atoms.